The summed E-state index contributed by atoms with van der Waals surface area (Å²) >= 11 is 0. The monoisotopic (exact) mass is 156 g/mol. The average Bonchev–Trinajstić information content (AvgIpc) is 2.07. The van der Waals surface area contributed by atoms with Gasteiger partial charge in [-0.3, -0.25) is 0 Å². The second-order valence-corrected chi connectivity index (χ2v) is 3.44. The van der Waals surface area contributed by atoms with E-state index in [1.807, 2.05) is 7.05 Å². The predicted octanol–water partition coefficient (Wildman–Crippen LogP) is 0.938. The van der Waals surface area contributed by atoms with Gasteiger partial charge in [0, 0.05) is 0 Å². The van der Waals surface area contributed by atoms with Crippen molar-refractivity contribution in [2.24, 2.45) is 5.92 Å². The van der Waals surface area contributed by atoms with Gasteiger partial charge in [-0.1, -0.05) is 6.92 Å². The molecule has 0 saturated carbocycles. The van der Waals surface area contributed by atoms with E-state index in [2.05, 4.69) is 17.1 Å². The molecule has 0 aromatic rings. The van der Waals surface area contributed by atoms with Crippen LogP contribution < -0.4 is 5.32 Å². The Kier molecular flexibility index (Phi) is 3.87. The Bertz CT molecular complexity index is 95.7. The Morgan fingerprint density at radius 3 is 2.45 bits per heavy atom. The molecule has 0 unspecified atom stereocenters. The molecule has 0 aliphatic carbocycles. The van der Waals surface area contributed by atoms with Crippen molar-refractivity contribution in [3.63, 3.8) is 0 Å². The van der Waals surface area contributed by atoms with Crippen molar-refractivity contribution < 1.29 is 0 Å². The van der Waals surface area contributed by atoms with Crippen LogP contribution >= 0.6 is 0 Å². The minimum absolute atomic E-state index is 0.933. The fourth-order valence-corrected chi connectivity index (χ4v) is 1.80. The predicted molar refractivity (Wildman–Crippen MR) is 48.8 cm³/mol. The van der Waals surface area contributed by atoms with Gasteiger partial charge in [-0.25, -0.2) is 0 Å². The first kappa shape index (κ1) is 9.01. The Morgan fingerprint density at radius 2 is 2.00 bits per heavy atom. The van der Waals surface area contributed by atoms with E-state index in [-0.39, 0.29) is 0 Å². The largest absolute Gasteiger partial charge is 0.319 e. The lowest BCUT2D eigenvalue weighted by Crippen LogP contribution is -2.36. The first-order chi connectivity index (χ1) is 5.36. The fraction of sp³-hybridized carbons (Fsp3) is 1.00. The summed E-state index contributed by atoms with van der Waals surface area (Å²) in [6, 6.07) is 0. The van der Waals surface area contributed by atoms with Gasteiger partial charge < -0.3 is 10.2 Å². The van der Waals surface area contributed by atoms with Gasteiger partial charge in [0.1, 0.15) is 0 Å². The summed E-state index contributed by atoms with van der Waals surface area (Å²) in [6.07, 6.45) is 2.77. The number of nitrogens with zero attached hydrogens (tertiary/aromatic N) is 1. The van der Waals surface area contributed by atoms with Crippen molar-refractivity contribution >= 4 is 0 Å². The first-order valence-corrected chi connectivity index (χ1v) is 4.73. The van der Waals surface area contributed by atoms with Crippen molar-refractivity contribution in [3.8, 4) is 0 Å². The highest BCUT2D eigenvalue weighted by Gasteiger charge is 2.16. The van der Waals surface area contributed by atoms with E-state index < -0.39 is 0 Å². The smallest absolute Gasteiger partial charge is 0.00157 e. The van der Waals surface area contributed by atoms with Crippen LogP contribution in [0.4, 0.5) is 0 Å². The Labute approximate surface area is 70.0 Å². The number of piperidine rings is 1. The SMILES string of the molecule is CCN1CCC(CNC)CC1. The highest BCUT2D eigenvalue weighted by Crippen LogP contribution is 2.15. The van der Waals surface area contributed by atoms with Crippen LogP contribution in [0.3, 0.4) is 0 Å². The molecule has 1 N–H and O–H groups in total. The summed E-state index contributed by atoms with van der Waals surface area (Å²) in [6.45, 7) is 7.30. The molecule has 1 fully saturated rings. The van der Waals surface area contributed by atoms with Crippen LogP contribution in [0.1, 0.15) is 19.8 Å². The molecule has 1 heterocycles. The summed E-state index contributed by atoms with van der Waals surface area (Å²) in [7, 11) is 2.05. The lowest BCUT2D eigenvalue weighted by atomic mass is 9.97. The zero-order valence-electron chi connectivity index (χ0n) is 7.77. The zero-order valence-corrected chi connectivity index (χ0v) is 7.77. The lowest BCUT2D eigenvalue weighted by Gasteiger charge is -2.30. The van der Waals surface area contributed by atoms with Crippen LogP contribution in [0.5, 0.6) is 0 Å². The van der Waals surface area contributed by atoms with E-state index in [1.54, 1.807) is 0 Å². The van der Waals surface area contributed by atoms with Gasteiger partial charge in [0.25, 0.3) is 0 Å². The summed E-state index contributed by atoms with van der Waals surface area (Å²) in [5.41, 5.74) is 0. The van der Waals surface area contributed by atoms with Crippen LogP contribution in [0.25, 0.3) is 0 Å². The number of hydrogen-bond donors (Lipinski definition) is 1. The first-order valence-electron chi connectivity index (χ1n) is 4.73. The number of likely N-dealkylation sites (tertiary alicyclic amines) is 1. The topological polar surface area (TPSA) is 15.3 Å². The molecule has 0 amide bonds. The van der Waals surface area contributed by atoms with E-state index in [1.165, 1.54) is 39.0 Å². The summed E-state index contributed by atoms with van der Waals surface area (Å²) < 4.78 is 0. The van der Waals surface area contributed by atoms with Gasteiger partial charge >= 0.3 is 0 Å². The molecule has 0 atom stereocenters. The van der Waals surface area contributed by atoms with Gasteiger partial charge in [-0.15, -0.1) is 0 Å². The molecule has 0 aromatic carbocycles. The third kappa shape index (κ3) is 2.80. The Hall–Kier alpha value is -0.0800. The van der Waals surface area contributed by atoms with Gasteiger partial charge in [0.15, 0.2) is 0 Å². The molecule has 1 saturated heterocycles. The number of rotatable bonds is 3. The molecule has 0 bridgehead atoms. The quantitative estimate of drug-likeness (QED) is 0.654. The highest BCUT2D eigenvalue weighted by atomic mass is 15.1. The number of nitrogens with one attached hydrogen (secondary N) is 1. The van der Waals surface area contributed by atoms with E-state index in [0.717, 1.165) is 5.92 Å². The molecule has 1 rings (SSSR count). The lowest BCUT2D eigenvalue weighted by molar-refractivity contribution is 0.191. The molecular weight excluding hydrogens is 136 g/mol. The molecule has 1 aliphatic rings. The van der Waals surface area contributed by atoms with Crippen molar-refractivity contribution in [3.05, 3.63) is 0 Å². The molecule has 11 heavy (non-hydrogen) atoms. The fourth-order valence-electron chi connectivity index (χ4n) is 1.80. The summed E-state index contributed by atoms with van der Waals surface area (Å²) in [5.74, 6) is 0.933. The molecular formula is C9H20N2. The molecule has 0 spiro atoms. The van der Waals surface area contributed by atoms with E-state index in [0.29, 0.717) is 0 Å². The van der Waals surface area contributed by atoms with Gasteiger partial charge in [-0.2, -0.15) is 0 Å². The van der Waals surface area contributed by atoms with Crippen molar-refractivity contribution in [2.75, 3.05) is 33.2 Å². The normalized spacial score (nSPS) is 22.4. The van der Waals surface area contributed by atoms with Gasteiger partial charge in [0.05, 0.1) is 0 Å². The Balaban J connectivity index is 2.14. The Morgan fingerprint density at radius 1 is 1.36 bits per heavy atom. The highest BCUT2D eigenvalue weighted by molar-refractivity contribution is 4.72. The van der Waals surface area contributed by atoms with Crippen LogP contribution in [-0.2, 0) is 0 Å². The van der Waals surface area contributed by atoms with E-state index in [9.17, 15) is 0 Å². The molecule has 66 valence electrons. The molecule has 0 radical (unpaired) electrons. The summed E-state index contributed by atoms with van der Waals surface area (Å²) in [5, 5.41) is 3.25. The zero-order chi connectivity index (χ0) is 8.10. The third-order valence-corrected chi connectivity index (χ3v) is 2.65. The maximum Gasteiger partial charge on any atom is -0.00157 e. The minimum Gasteiger partial charge on any atom is -0.319 e. The maximum absolute atomic E-state index is 3.25. The second kappa shape index (κ2) is 4.73. The van der Waals surface area contributed by atoms with Crippen molar-refractivity contribution in [1.29, 1.82) is 0 Å². The molecule has 0 aromatic heterocycles. The van der Waals surface area contributed by atoms with Crippen LogP contribution in [0.15, 0.2) is 0 Å². The van der Waals surface area contributed by atoms with Crippen LogP contribution in [-0.4, -0.2) is 38.1 Å². The molecule has 2 nitrogen and oxygen atoms in total. The van der Waals surface area contributed by atoms with Crippen molar-refractivity contribution in [1.82, 2.24) is 10.2 Å². The van der Waals surface area contributed by atoms with Gasteiger partial charge in [-0.05, 0) is 52.0 Å². The van der Waals surface area contributed by atoms with Gasteiger partial charge in [0.2, 0.25) is 0 Å². The summed E-state index contributed by atoms with van der Waals surface area (Å²) in [4.78, 5) is 2.53. The molecule has 1 aliphatic heterocycles. The van der Waals surface area contributed by atoms with E-state index in [4.69, 9.17) is 0 Å². The maximum atomic E-state index is 3.25. The third-order valence-electron chi connectivity index (χ3n) is 2.65. The standard InChI is InChI=1S/C9H20N2/c1-3-11-6-4-9(5-7-11)8-10-2/h9-10H,3-8H2,1-2H3. The van der Waals surface area contributed by atoms with Crippen LogP contribution in [0.2, 0.25) is 0 Å². The number of hydrogen-bond acceptors (Lipinski definition) is 2. The van der Waals surface area contributed by atoms with Crippen molar-refractivity contribution in [2.45, 2.75) is 19.8 Å². The average molecular weight is 156 g/mol. The van der Waals surface area contributed by atoms with Crippen LogP contribution in [0, 0.1) is 5.92 Å². The van der Waals surface area contributed by atoms with E-state index >= 15 is 0 Å². The molecule has 2 heteroatoms. The minimum atomic E-state index is 0.933. The second-order valence-electron chi connectivity index (χ2n) is 3.44.